The number of carbonyl (C=O) groups is 1. The van der Waals surface area contributed by atoms with Gasteiger partial charge in [-0.2, -0.15) is 4.68 Å². The summed E-state index contributed by atoms with van der Waals surface area (Å²) in [6.07, 6.45) is 3.75. The van der Waals surface area contributed by atoms with Gasteiger partial charge in [-0.15, -0.1) is 0 Å². The third kappa shape index (κ3) is 2.73. The van der Waals surface area contributed by atoms with E-state index in [1.54, 1.807) is 0 Å². The number of hydrogen-bond donors (Lipinski definition) is 1. The van der Waals surface area contributed by atoms with Crippen LogP contribution >= 0.6 is 15.9 Å². The predicted octanol–water partition coefficient (Wildman–Crippen LogP) is 1.09. The molecule has 2 aromatic rings. The number of carboxylic acid groups (broad SMARTS) is 1. The van der Waals surface area contributed by atoms with E-state index in [1.807, 2.05) is 0 Å². The van der Waals surface area contributed by atoms with E-state index in [4.69, 9.17) is 5.11 Å². The number of rotatable bonds is 4. The maximum absolute atomic E-state index is 11.0. The van der Waals surface area contributed by atoms with Crippen LogP contribution in [0.15, 0.2) is 23.2 Å². The Hall–Kier alpha value is -2.36. The summed E-state index contributed by atoms with van der Waals surface area (Å²) in [6, 6.07) is 0. The molecule has 2 rings (SSSR count). The average molecular weight is 328 g/mol. The molecule has 0 radical (unpaired) electrons. The van der Waals surface area contributed by atoms with Crippen LogP contribution in [-0.2, 0) is 6.54 Å². The van der Waals surface area contributed by atoms with Crippen LogP contribution in [0.5, 0.6) is 0 Å². The highest BCUT2D eigenvalue weighted by atomic mass is 79.9. The third-order valence-corrected chi connectivity index (χ3v) is 2.77. The number of carboxylic acids is 1. The van der Waals surface area contributed by atoms with Crippen molar-refractivity contribution in [3.63, 3.8) is 0 Å². The zero-order chi connectivity index (χ0) is 14.0. The molecule has 0 aliphatic rings. The van der Waals surface area contributed by atoms with Crippen molar-refractivity contribution in [3.8, 4) is 0 Å². The molecule has 0 spiro atoms. The van der Waals surface area contributed by atoms with Crippen molar-refractivity contribution in [3.05, 3.63) is 44.6 Å². The minimum absolute atomic E-state index is 0.00338. The van der Waals surface area contributed by atoms with Crippen molar-refractivity contribution in [1.29, 1.82) is 0 Å². The van der Waals surface area contributed by atoms with Gasteiger partial charge < -0.3 is 15.2 Å². The van der Waals surface area contributed by atoms with E-state index in [9.17, 15) is 14.9 Å². The van der Waals surface area contributed by atoms with Gasteiger partial charge in [0.2, 0.25) is 0 Å². The summed E-state index contributed by atoms with van der Waals surface area (Å²) in [6.45, 7) is -0.00338. The Morgan fingerprint density at radius 1 is 1.58 bits per heavy atom. The number of nitro groups is 1. The zero-order valence-electron chi connectivity index (χ0n) is 9.23. The van der Waals surface area contributed by atoms with E-state index >= 15 is 0 Å². The van der Waals surface area contributed by atoms with Gasteiger partial charge in [0.25, 0.3) is 0 Å². The first-order chi connectivity index (χ1) is 8.99. The standard InChI is InChI=1S/C9H6BrN5O4/c10-6-2-14(13-8(6)15(18)19)3-7-5(9(16)17)1-11-4-12-7/h1-2,4H,3H2,(H,16,17). The second-order valence-electron chi connectivity index (χ2n) is 3.44. The molecule has 1 N–H and O–H groups in total. The van der Waals surface area contributed by atoms with Crippen LogP contribution in [0.3, 0.4) is 0 Å². The topological polar surface area (TPSA) is 124 Å². The Bertz CT molecular complexity index is 656. The molecule has 19 heavy (non-hydrogen) atoms. The second-order valence-corrected chi connectivity index (χ2v) is 4.30. The molecular formula is C9H6BrN5O4. The summed E-state index contributed by atoms with van der Waals surface area (Å²) in [5.74, 6) is -1.51. The summed E-state index contributed by atoms with van der Waals surface area (Å²) >= 11 is 3.00. The summed E-state index contributed by atoms with van der Waals surface area (Å²) in [4.78, 5) is 28.4. The van der Waals surface area contributed by atoms with Gasteiger partial charge in [0, 0.05) is 6.20 Å². The zero-order valence-corrected chi connectivity index (χ0v) is 10.8. The lowest BCUT2D eigenvalue weighted by molar-refractivity contribution is -0.390. The van der Waals surface area contributed by atoms with Gasteiger partial charge in [-0.1, -0.05) is 0 Å². The van der Waals surface area contributed by atoms with E-state index < -0.39 is 10.9 Å². The van der Waals surface area contributed by atoms with E-state index in [-0.39, 0.29) is 28.1 Å². The molecule has 0 saturated carbocycles. The minimum Gasteiger partial charge on any atom is -0.478 e. The normalized spacial score (nSPS) is 10.4. The first-order valence-electron chi connectivity index (χ1n) is 4.88. The van der Waals surface area contributed by atoms with Crippen molar-refractivity contribution in [1.82, 2.24) is 19.7 Å². The fourth-order valence-electron chi connectivity index (χ4n) is 1.40. The molecule has 0 saturated heterocycles. The lowest BCUT2D eigenvalue weighted by Crippen LogP contribution is -2.10. The van der Waals surface area contributed by atoms with E-state index in [2.05, 4.69) is 31.0 Å². The van der Waals surface area contributed by atoms with Gasteiger partial charge >= 0.3 is 11.8 Å². The first kappa shape index (κ1) is 13.1. The summed E-state index contributed by atoms with van der Waals surface area (Å²) in [7, 11) is 0. The number of nitrogens with zero attached hydrogens (tertiary/aromatic N) is 5. The maximum atomic E-state index is 11.0. The predicted molar refractivity (Wildman–Crippen MR) is 64.7 cm³/mol. The molecular weight excluding hydrogens is 322 g/mol. The molecule has 0 amide bonds. The van der Waals surface area contributed by atoms with Crippen LogP contribution in [0.2, 0.25) is 0 Å². The molecule has 0 fully saturated rings. The molecule has 10 heteroatoms. The highest BCUT2D eigenvalue weighted by Gasteiger charge is 2.20. The molecule has 0 aliphatic heterocycles. The molecule has 9 nitrogen and oxygen atoms in total. The minimum atomic E-state index is -1.17. The Labute approximate surface area is 114 Å². The summed E-state index contributed by atoms with van der Waals surface area (Å²) < 4.78 is 1.44. The Morgan fingerprint density at radius 3 is 2.89 bits per heavy atom. The van der Waals surface area contributed by atoms with Crippen molar-refractivity contribution in [2.75, 3.05) is 0 Å². The molecule has 2 aromatic heterocycles. The molecule has 0 aliphatic carbocycles. The fraction of sp³-hybridized carbons (Fsp3) is 0.111. The third-order valence-electron chi connectivity index (χ3n) is 2.21. The first-order valence-corrected chi connectivity index (χ1v) is 5.68. The Balaban J connectivity index is 2.34. The summed E-state index contributed by atoms with van der Waals surface area (Å²) in [5, 5.41) is 23.3. The van der Waals surface area contributed by atoms with Gasteiger partial charge in [-0.05, 0) is 20.9 Å². The van der Waals surface area contributed by atoms with Crippen LogP contribution in [0.25, 0.3) is 0 Å². The van der Waals surface area contributed by atoms with Gasteiger partial charge in [0.15, 0.2) is 0 Å². The smallest absolute Gasteiger partial charge is 0.404 e. The quantitative estimate of drug-likeness (QED) is 0.658. The highest BCUT2D eigenvalue weighted by molar-refractivity contribution is 9.10. The van der Waals surface area contributed by atoms with Crippen LogP contribution in [0.1, 0.15) is 16.1 Å². The molecule has 2 heterocycles. The SMILES string of the molecule is O=C(O)c1cncnc1Cn1cc(Br)c([N+](=O)[O-])n1. The van der Waals surface area contributed by atoms with Crippen LogP contribution < -0.4 is 0 Å². The molecule has 0 bridgehead atoms. The fourth-order valence-corrected chi connectivity index (χ4v) is 1.87. The number of aromatic carboxylic acids is 1. The lowest BCUT2D eigenvalue weighted by atomic mass is 10.2. The van der Waals surface area contributed by atoms with Crippen molar-refractivity contribution in [2.24, 2.45) is 0 Å². The summed E-state index contributed by atoms with van der Waals surface area (Å²) in [5.41, 5.74) is 0.143. The number of hydrogen-bond acceptors (Lipinski definition) is 6. The average Bonchev–Trinajstić information content (AvgIpc) is 2.71. The highest BCUT2D eigenvalue weighted by Crippen LogP contribution is 2.22. The van der Waals surface area contributed by atoms with Crippen LogP contribution in [-0.4, -0.2) is 35.7 Å². The molecule has 0 atom stereocenters. The van der Waals surface area contributed by atoms with Gasteiger partial charge in [0.1, 0.15) is 22.9 Å². The number of aromatic nitrogens is 4. The van der Waals surface area contributed by atoms with Crippen LogP contribution in [0.4, 0.5) is 5.82 Å². The van der Waals surface area contributed by atoms with Crippen molar-refractivity contribution in [2.45, 2.75) is 6.54 Å². The largest absolute Gasteiger partial charge is 0.478 e. The Kier molecular flexibility index (Phi) is 3.51. The van der Waals surface area contributed by atoms with E-state index in [0.29, 0.717) is 0 Å². The van der Waals surface area contributed by atoms with Gasteiger partial charge in [0.05, 0.1) is 17.0 Å². The molecule has 0 unspecified atom stereocenters. The second kappa shape index (κ2) is 5.10. The molecule has 98 valence electrons. The van der Waals surface area contributed by atoms with Gasteiger partial charge in [-0.25, -0.2) is 14.8 Å². The monoisotopic (exact) mass is 327 g/mol. The lowest BCUT2D eigenvalue weighted by Gasteiger charge is -2.01. The molecule has 0 aromatic carbocycles. The van der Waals surface area contributed by atoms with E-state index in [1.165, 1.54) is 17.2 Å². The maximum Gasteiger partial charge on any atom is 0.404 e. The van der Waals surface area contributed by atoms with Crippen LogP contribution in [0, 0.1) is 10.1 Å². The van der Waals surface area contributed by atoms with Crippen molar-refractivity contribution >= 4 is 27.7 Å². The van der Waals surface area contributed by atoms with Crippen molar-refractivity contribution < 1.29 is 14.8 Å². The number of halogens is 1. The Morgan fingerprint density at radius 2 is 2.32 bits per heavy atom. The van der Waals surface area contributed by atoms with E-state index in [0.717, 1.165) is 6.20 Å². The van der Waals surface area contributed by atoms with Gasteiger partial charge in [-0.3, -0.25) is 0 Å².